The molecule has 0 unspecified atom stereocenters. The number of ketones is 1. The molecule has 1 aliphatic rings. The first-order valence-corrected chi connectivity index (χ1v) is 17.6. The standard InChI is InChI=1S/C40H53F2N3O4/c1-10-49-37(47)20-30(33-19-31(18-27(7)39(33)42)38-25(5)16-24(4)17-26(38)6)11-12-36(46)35(15-23(2)3)45-40(48)29(9)28(8)34(43-45)13-14-44-21-32(41)22-44/h16-19,23,30,32,35H,10-15,20-22H2,1-9H3/t30-,35-/m0/s1. The van der Waals surface area contributed by atoms with E-state index >= 15 is 4.39 Å². The second kappa shape index (κ2) is 16.3. The molecule has 266 valence electrons. The number of hydrogen-bond acceptors (Lipinski definition) is 6. The number of rotatable bonds is 15. The molecule has 2 heterocycles. The minimum atomic E-state index is -0.816. The molecule has 1 aromatic heterocycles. The van der Waals surface area contributed by atoms with Crippen molar-refractivity contribution in [2.75, 3.05) is 26.2 Å². The van der Waals surface area contributed by atoms with Crippen LogP contribution in [0.1, 0.15) is 103 Å². The number of aryl methyl sites for hydroxylation is 4. The number of hydrogen-bond donors (Lipinski definition) is 0. The predicted octanol–water partition coefficient (Wildman–Crippen LogP) is 7.77. The molecule has 0 spiro atoms. The van der Waals surface area contributed by atoms with Gasteiger partial charge in [-0.3, -0.25) is 19.3 Å². The highest BCUT2D eigenvalue weighted by Crippen LogP contribution is 2.37. The molecule has 3 aromatic rings. The molecule has 0 N–H and O–H groups in total. The normalized spacial score (nSPS) is 14.9. The van der Waals surface area contributed by atoms with Crippen LogP contribution in [-0.2, 0) is 20.7 Å². The summed E-state index contributed by atoms with van der Waals surface area (Å²) in [5, 5.41) is 4.74. The Morgan fingerprint density at radius 2 is 1.63 bits per heavy atom. The van der Waals surface area contributed by atoms with Gasteiger partial charge < -0.3 is 4.74 Å². The molecule has 4 rings (SSSR count). The number of benzene rings is 2. The van der Waals surface area contributed by atoms with Crippen molar-refractivity contribution in [3.8, 4) is 11.1 Å². The first kappa shape index (κ1) is 38.1. The van der Waals surface area contributed by atoms with Crippen molar-refractivity contribution in [3.63, 3.8) is 0 Å². The monoisotopic (exact) mass is 677 g/mol. The van der Waals surface area contributed by atoms with E-state index in [1.54, 1.807) is 20.8 Å². The third kappa shape index (κ3) is 9.10. The highest BCUT2D eigenvalue weighted by atomic mass is 19.1. The van der Waals surface area contributed by atoms with Gasteiger partial charge in [0.05, 0.1) is 18.7 Å². The van der Waals surface area contributed by atoms with E-state index in [4.69, 9.17) is 9.84 Å². The third-order valence-corrected chi connectivity index (χ3v) is 9.84. The Balaban J connectivity index is 1.68. The van der Waals surface area contributed by atoms with E-state index in [-0.39, 0.29) is 43.1 Å². The molecule has 0 bridgehead atoms. The summed E-state index contributed by atoms with van der Waals surface area (Å²) in [6, 6.07) is 7.04. The molecule has 2 aromatic carbocycles. The SMILES string of the molecule is CCOC(=O)C[C@H](CCC(=O)[C@H](CC(C)C)n1nc(CCN2CC(F)C2)c(C)c(C)c1=O)c1cc(-c2c(C)cc(C)cc2C)cc(C)c1F. The number of carbonyl (C=O) groups is 2. The van der Waals surface area contributed by atoms with Crippen LogP contribution in [-0.4, -0.2) is 58.8 Å². The molecule has 1 aliphatic heterocycles. The molecule has 2 atom stereocenters. The van der Waals surface area contributed by atoms with E-state index in [1.807, 2.05) is 58.6 Å². The third-order valence-electron chi connectivity index (χ3n) is 9.84. The van der Waals surface area contributed by atoms with Crippen molar-refractivity contribution in [2.24, 2.45) is 5.92 Å². The Labute approximate surface area is 290 Å². The van der Waals surface area contributed by atoms with E-state index in [0.29, 0.717) is 49.2 Å². The van der Waals surface area contributed by atoms with Crippen LogP contribution in [0, 0.1) is 53.3 Å². The number of ether oxygens (including phenoxy) is 1. The average molecular weight is 678 g/mol. The van der Waals surface area contributed by atoms with Gasteiger partial charge in [-0.1, -0.05) is 31.5 Å². The number of carbonyl (C=O) groups excluding carboxylic acids is 2. The summed E-state index contributed by atoms with van der Waals surface area (Å²) in [5.74, 6) is -1.58. The highest BCUT2D eigenvalue weighted by molar-refractivity contribution is 5.83. The van der Waals surface area contributed by atoms with Gasteiger partial charge in [-0.2, -0.15) is 5.10 Å². The molecule has 1 saturated heterocycles. The first-order chi connectivity index (χ1) is 23.1. The van der Waals surface area contributed by atoms with Crippen LogP contribution in [0.3, 0.4) is 0 Å². The summed E-state index contributed by atoms with van der Waals surface area (Å²) in [6.45, 7) is 18.8. The quantitative estimate of drug-likeness (QED) is 0.153. The maximum atomic E-state index is 16.0. The van der Waals surface area contributed by atoms with Crippen molar-refractivity contribution < 1.29 is 23.1 Å². The second-order valence-electron chi connectivity index (χ2n) is 14.4. The Hall–Kier alpha value is -3.72. The van der Waals surface area contributed by atoms with E-state index < -0.39 is 29.9 Å². The van der Waals surface area contributed by atoms with Crippen molar-refractivity contribution in [1.82, 2.24) is 14.7 Å². The second-order valence-corrected chi connectivity index (χ2v) is 14.4. The van der Waals surface area contributed by atoms with E-state index in [1.165, 1.54) is 4.68 Å². The smallest absolute Gasteiger partial charge is 0.306 e. The van der Waals surface area contributed by atoms with E-state index in [9.17, 15) is 18.8 Å². The van der Waals surface area contributed by atoms with Crippen LogP contribution < -0.4 is 5.56 Å². The summed E-state index contributed by atoms with van der Waals surface area (Å²) in [4.78, 5) is 42.6. The lowest BCUT2D eigenvalue weighted by Crippen LogP contribution is -2.49. The van der Waals surface area contributed by atoms with Gasteiger partial charge in [0.2, 0.25) is 0 Å². The molecule has 0 saturated carbocycles. The summed E-state index contributed by atoms with van der Waals surface area (Å²) >= 11 is 0. The zero-order chi connectivity index (χ0) is 36.2. The number of nitrogens with zero attached hydrogens (tertiary/aromatic N) is 3. The Morgan fingerprint density at radius 1 is 0.980 bits per heavy atom. The first-order valence-electron chi connectivity index (χ1n) is 17.6. The van der Waals surface area contributed by atoms with Gasteiger partial charge in [0, 0.05) is 38.0 Å². The summed E-state index contributed by atoms with van der Waals surface area (Å²) in [5.41, 5.74) is 7.74. The van der Waals surface area contributed by atoms with Crippen molar-refractivity contribution in [2.45, 2.75) is 113 Å². The molecule has 7 nitrogen and oxygen atoms in total. The predicted molar refractivity (Wildman–Crippen MR) is 191 cm³/mol. The molecule has 49 heavy (non-hydrogen) atoms. The van der Waals surface area contributed by atoms with Gasteiger partial charge in [0.1, 0.15) is 18.0 Å². The zero-order valence-corrected chi connectivity index (χ0v) is 30.7. The minimum absolute atomic E-state index is 0.0226. The number of alkyl halides is 1. The molecule has 0 amide bonds. The fourth-order valence-corrected chi connectivity index (χ4v) is 7.16. The maximum Gasteiger partial charge on any atom is 0.306 e. The molecular weight excluding hydrogens is 624 g/mol. The highest BCUT2D eigenvalue weighted by Gasteiger charge is 2.30. The van der Waals surface area contributed by atoms with E-state index in [0.717, 1.165) is 39.1 Å². The largest absolute Gasteiger partial charge is 0.466 e. The van der Waals surface area contributed by atoms with Crippen LogP contribution in [0.4, 0.5) is 8.78 Å². The molecule has 9 heteroatoms. The van der Waals surface area contributed by atoms with Crippen LogP contribution >= 0.6 is 0 Å². The fraction of sp³-hybridized carbons (Fsp3) is 0.550. The van der Waals surface area contributed by atoms with Crippen molar-refractivity contribution >= 4 is 11.8 Å². The van der Waals surface area contributed by atoms with Gasteiger partial charge in [0.25, 0.3) is 5.56 Å². The van der Waals surface area contributed by atoms with Crippen molar-refractivity contribution in [3.05, 3.63) is 85.1 Å². The van der Waals surface area contributed by atoms with Gasteiger partial charge in [-0.15, -0.1) is 0 Å². The number of aromatic nitrogens is 2. The number of likely N-dealkylation sites (tertiary alicyclic amines) is 1. The lowest BCUT2D eigenvalue weighted by molar-refractivity contribution is -0.143. The lowest BCUT2D eigenvalue weighted by Gasteiger charge is -2.34. The summed E-state index contributed by atoms with van der Waals surface area (Å²) < 4.78 is 36.1. The maximum absolute atomic E-state index is 16.0. The van der Waals surface area contributed by atoms with Gasteiger partial charge in [0.15, 0.2) is 5.78 Å². The Morgan fingerprint density at radius 3 is 2.22 bits per heavy atom. The number of Topliss-reactive ketones (excluding diaryl/α,β-unsaturated/α-hetero) is 1. The molecule has 1 fully saturated rings. The van der Waals surface area contributed by atoms with Crippen LogP contribution in [0.25, 0.3) is 11.1 Å². The molecule has 0 radical (unpaired) electrons. The number of halogens is 2. The van der Waals surface area contributed by atoms with Crippen LogP contribution in [0.15, 0.2) is 29.1 Å². The fourth-order valence-electron chi connectivity index (χ4n) is 7.16. The van der Waals surface area contributed by atoms with Crippen LogP contribution in [0.2, 0.25) is 0 Å². The summed E-state index contributed by atoms with van der Waals surface area (Å²) in [7, 11) is 0. The van der Waals surface area contributed by atoms with Crippen LogP contribution in [0.5, 0.6) is 0 Å². The molecular formula is C40H53F2N3O4. The van der Waals surface area contributed by atoms with E-state index in [2.05, 4.69) is 12.1 Å². The number of esters is 1. The minimum Gasteiger partial charge on any atom is -0.466 e. The molecule has 0 aliphatic carbocycles. The van der Waals surface area contributed by atoms with Gasteiger partial charge >= 0.3 is 5.97 Å². The Bertz CT molecular complexity index is 1720. The zero-order valence-electron chi connectivity index (χ0n) is 30.7. The van der Waals surface area contributed by atoms with Gasteiger partial charge in [-0.25, -0.2) is 13.5 Å². The average Bonchev–Trinajstić information content (AvgIpc) is 3.00. The lowest BCUT2D eigenvalue weighted by atomic mass is 9.84. The van der Waals surface area contributed by atoms with Crippen molar-refractivity contribution in [1.29, 1.82) is 0 Å². The Kier molecular flexibility index (Phi) is 12.7. The topological polar surface area (TPSA) is 81.5 Å². The summed E-state index contributed by atoms with van der Waals surface area (Å²) in [6.07, 6.45) is 0.281. The van der Waals surface area contributed by atoms with Gasteiger partial charge in [-0.05, 0) is 124 Å².